The highest BCUT2D eigenvalue weighted by atomic mass is 32.2. The fraction of sp³-hybridized carbons (Fsp3) is 0.559. The fourth-order valence-corrected chi connectivity index (χ4v) is 8.32. The van der Waals surface area contributed by atoms with Crippen molar-refractivity contribution in [2.24, 2.45) is 0 Å². The van der Waals surface area contributed by atoms with Crippen LogP contribution in [0, 0.1) is 0 Å². The largest absolute Gasteiger partial charge is 0.497 e. The molecule has 11 nitrogen and oxygen atoms in total. The van der Waals surface area contributed by atoms with Gasteiger partial charge < -0.3 is 23.5 Å². The first kappa shape index (κ1) is 37.9. The van der Waals surface area contributed by atoms with Crippen LogP contribution in [0.4, 0.5) is 15.4 Å². The zero-order chi connectivity index (χ0) is 35.5. The number of amides is 3. The summed E-state index contributed by atoms with van der Waals surface area (Å²) in [5.41, 5.74) is -0.261. The summed E-state index contributed by atoms with van der Waals surface area (Å²) in [4.78, 5) is 58.7. The van der Waals surface area contributed by atoms with E-state index in [-0.39, 0.29) is 23.4 Å². The molecule has 0 radical (unpaired) electrons. The molecule has 47 heavy (non-hydrogen) atoms. The van der Waals surface area contributed by atoms with E-state index < -0.39 is 48.9 Å². The van der Waals surface area contributed by atoms with Gasteiger partial charge in [0.1, 0.15) is 40.7 Å². The van der Waals surface area contributed by atoms with E-state index in [0.717, 1.165) is 10.5 Å². The lowest BCUT2D eigenvalue weighted by Crippen LogP contribution is -2.76. The number of β-lactam (4-membered cyclic amide) rings is 1. The molecule has 2 aromatic rings. The third-order valence-corrected chi connectivity index (χ3v) is 14.6. The molecule has 13 heteroatoms. The third kappa shape index (κ3) is 9.50. The molecule has 1 aliphatic heterocycles. The minimum absolute atomic E-state index is 0.0184. The maximum atomic E-state index is 13.7. The molecule has 1 fully saturated rings. The van der Waals surface area contributed by atoms with Crippen LogP contribution in [-0.2, 0) is 36.2 Å². The highest BCUT2D eigenvalue weighted by Gasteiger charge is 2.60. The van der Waals surface area contributed by atoms with E-state index in [1.54, 1.807) is 77.5 Å². The second-order valence-electron chi connectivity index (χ2n) is 15.0. The molecular formula is C34H49N3O8SSi. The number of nitrogens with zero attached hydrogens (tertiary/aromatic N) is 3. The van der Waals surface area contributed by atoms with E-state index in [0.29, 0.717) is 17.1 Å². The standard InChI is InChI=1S/C34H49N3O8SSi/c1-32(2,3)44-30(40)36(31(41)45-33(4,5)6)25-19-23(17-18-35-25)21-46-27-26(37(28(27)38)47(11,12)34(7,8)9)29(39)43-20-22-13-15-24(42-10)16-14-22/h13-19,26-27H,20-21H2,1-12H3/t26-,27+/m0/s1. The van der Waals surface area contributed by atoms with Crippen LogP contribution in [0.1, 0.15) is 73.4 Å². The molecule has 3 rings (SSSR count). The highest BCUT2D eigenvalue weighted by Crippen LogP contribution is 2.46. The number of benzene rings is 1. The van der Waals surface area contributed by atoms with Crippen LogP contribution in [0.25, 0.3) is 0 Å². The van der Waals surface area contributed by atoms with Gasteiger partial charge in [-0.25, -0.2) is 19.4 Å². The van der Waals surface area contributed by atoms with Crippen molar-refractivity contribution in [1.82, 2.24) is 9.55 Å². The quantitative estimate of drug-likeness (QED) is 0.115. The van der Waals surface area contributed by atoms with Gasteiger partial charge >= 0.3 is 18.2 Å². The number of hydrogen-bond donors (Lipinski definition) is 0. The van der Waals surface area contributed by atoms with Crippen LogP contribution in [0.15, 0.2) is 42.6 Å². The monoisotopic (exact) mass is 687 g/mol. The van der Waals surface area contributed by atoms with Crippen LogP contribution >= 0.6 is 11.8 Å². The normalized spacial score (nSPS) is 17.0. The first-order chi connectivity index (χ1) is 21.6. The van der Waals surface area contributed by atoms with Crippen LogP contribution in [0.2, 0.25) is 18.1 Å². The van der Waals surface area contributed by atoms with Crippen molar-refractivity contribution in [2.75, 3.05) is 12.0 Å². The van der Waals surface area contributed by atoms with E-state index >= 15 is 0 Å². The van der Waals surface area contributed by atoms with E-state index in [2.05, 4.69) is 38.8 Å². The molecule has 0 bridgehead atoms. The fourth-order valence-electron chi connectivity index (χ4n) is 4.54. The average molecular weight is 688 g/mol. The molecule has 3 amide bonds. The number of esters is 1. The first-order valence-corrected chi connectivity index (χ1v) is 19.5. The Labute approximate surface area is 283 Å². The Morgan fingerprint density at radius 2 is 1.45 bits per heavy atom. The number of carbonyl (C=O) groups excluding carboxylic acids is 4. The van der Waals surface area contributed by atoms with Gasteiger partial charge in [0.25, 0.3) is 0 Å². The maximum Gasteiger partial charge on any atom is 0.425 e. The molecule has 258 valence electrons. The minimum atomic E-state index is -2.44. The maximum absolute atomic E-state index is 13.7. The summed E-state index contributed by atoms with van der Waals surface area (Å²) in [6, 6.07) is 9.80. The van der Waals surface area contributed by atoms with Gasteiger partial charge in [0.2, 0.25) is 5.91 Å². The molecule has 2 atom stereocenters. The second-order valence-corrected chi connectivity index (χ2v) is 21.2. The second kappa shape index (κ2) is 14.3. The van der Waals surface area contributed by atoms with Crippen molar-refractivity contribution in [3.8, 4) is 5.75 Å². The van der Waals surface area contributed by atoms with Crippen molar-refractivity contribution >= 4 is 49.9 Å². The molecule has 1 aromatic heterocycles. The topological polar surface area (TPSA) is 125 Å². The molecular weight excluding hydrogens is 639 g/mol. The number of methoxy groups -OCH3 is 1. The van der Waals surface area contributed by atoms with Crippen LogP contribution in [-0.4, -0.2) is 71.5 Å². The van der Waals surface area contributed by atoms with Crippen molar-refractivity contribution in [2.45, 2.75) is 115 Å². The van der Waals surface area contributed by atoms with Gasteiger partial charge in [-0.3, -0.25) is 4.79 Å². The Balaban J connectivity index is 1.85. The lowest BCUT2D eigenvalue weighted by Gasteiger charge is -2.56. The predicted octanol–water partition coefficient (Wildman–Crippen LogP) is 7.33. The molecule has 0 saturated carbocycles. The summed E-state index contributed by atoms with van der Waals surface area (Å²) in [5, 5.41) is -0.864. The third-order valence-electron chi connectivity index (χ3n) is 7.89. The Kier molecular flexibility index (Phi) is 11.5. The van der Waals surface area contributed by atoms with Gasteiger partial charge in [-0.15, -0.1) is 11.8 Å². The number of rotatable bonds is 9. The van der Waals surface area contributed by atoms with Gasteiger partial charge in [0.05, 0.1) is 7.11 Å². The summed E-state index contributed by atoms with van der Waals surface area (Å²) < 4.78 is 23.7. The summed E-state index contributed by atoms with van der Waals surface area (Å²) in [6.07, 6.45) is -0.385. The molecule has 1 saturated heterocycles. The van der Waals surface area contributed by atoms with Gasteiger partial charge in [0.15, 0.2) is 8.24 Å². The summed E-state index contributed by atoms with van der Waals surface area (Å²) in [6.45, 7) is 20.7. The Morgan fingerprint density at radius 3 is 1.94 bits per heavy atom. The molecule has 0 spiro atoms. The van der Waals surface area contributed by atoms with Crippen molar-refractivity contribution < 1.29 is 38.1 Å². The van der Waals surface area contributed by atoms with Gasteiger partial charge in [0, 0.05) is 11.9 Å². The Hall–Kier alpha value is -3.58. The van der Waals surface area contributed by atoms with Gasteiger partial charge in [-0.1, -0.05) is 46.0 Å². The molecule has 2 heterocycles. The number of aromatic nitrogens is 1. The highest BCUT2D eigenvalue weighted by molar-refractivity contribution is 8.00. The van der Waals surface area contributed by atoms with Crippen molar-refractivity contribution in [1.29, 1.82) is 0 Å². The Bertz CT molecular complexity index is 1430. The Morgan fingerprint density at radius 1 is 0.894 bits per heavy atom. The van der Waals surface area contributed by atoms with E-state index in [1.807, 2.05) is 12.1 Å². The van der Waals surface area contributed by atoms with Crippen LogP contribution in [0.5, 0.6) is 5.75 Å². The zero-order valence-electron chi connectivity index (χ0n) is 29.6. The molecule has 0 N–H and O–H groups in total. The predicted molar refractivity (Wildman–Crippen MR) is 185 cm³/mol. The summed E-state index contributed by atoms with van der Waals surface area (Å²) in [7, 11) is -0.852. The molecule has 0 unspecified atom stereocenters. The number of pyridine rings is 1. The van der Waals surface area contributed by atoms with Gasteiger partial charge in [-0.2, -0.15) is 4.90 Å². The van der Waals surface area contributed by atoms with Crippen molar-refractivity contribution in [3.63, 3.8) is 0 Å². The van der Waals surface area contributed by atoms with Crippen molar-refractivity contribution in [3.05, 3.63) is 53.7 Å². The number of imide groups is 1. The summed E-state index contributed by atoms with van der Waals surface area (Å²) in [5.74, 6) is 0.455. The van der Waals surface area contributed by atoms with E-state index in [4.69, 9.17) is 18.9 Å². The average Bonchev–Trinajstić information content (AvgIpc) is 2.92. The van der Waals surface area contributed by atoms with Crippen LogP contribution < -0.4 is 9.64 Å². The number of anilines is 1. The van der Waals surface area contributed by atoms with E-state index in [1.165, 1.54) is 18.0 Å². The minimum Gasteiger partial charge on any atom is -0.497 e. The SMILES string of the molecule is COc1ccc(COC(=O)[C@@H]2[C@@H](SCc3ccnc(N(C(=O)OC(C)(C)C)C(=O)OC(C)(C)C)c3)C(=O)N2[Si](C)(C)C(C)(C)C)cc1. The lowest BCUT2D eigenvalue weighted by molar-refractivity contribution is -0.161. The summed E-state index contributed by atoms with van der Waals surface area (Å²) >= 11 is 1.31. The zero-order valence-corrected chi connectivity index (χ0v) is 31.4. The van der Waals surface area contributed by atoms with Crippen LogP contribution in [0.3, 0.4) is 0 Å². The number of carbonyl (C=O) groups is 4. The smallest absolute Gasteiger partial charge is 0.425 e. The van der Waals surface area contributed by atoms with Gasteiger partial charge in [-0.05, 0) is 82.0 Å². The number of ether oxygens (including phenoxy) is 4. The molecule has 0 aliphatic carbocycles. The first-order valence-electron chi connectivity index (χ1n) is 15.5. The molecule has 1 aromatic carbocycles. The van der Waals surface area contributed by atoms with E-state index in [9.17, 15) is 19.2 Å². The number of hydrogen-bond acceptors (Lipinski definition) is 10. The lowest BCUT2D eigenvalue weighted by atomic mass is 10.1. The molecule has 1 aliphatic rings. The number of thioether (sulfide) groups is 1.